The normalized spacial score (nSPS) is 14.7. The zero-order valence-electron chi connectivity index (χ0n) is 19.5. The first-order chi connectivity index (χ1) is 12.2. The molecule has 0 aliphatic heterocycles. The van der Waals surface area contributed by atoms with E-state index in [4.69, 9.17) is 4.74 Å². The molecule has 0 rings (SSSR count). The summed E-state index contributed by atoms with van der Waals surface area (Å²) in [6.45, 7) is 20.1. The van der Waals surface area contributed by atoms with Crippen LogP contribution in [0.2, 0.25) is 39.0 Å². The quantitative estimate of drug-likeness (QED) is 0.198. The molecule has 0 aromatic carbocycles. The Morgan fingerprint density at radius 1 is 0.885 bits per heavy atom. The molecule has 0 aliphatic rings. The van der Waals surface area contributed by atoms with Crippen molar-refractivity contribution < 1.29 is 4.74 Å². The third kappa shape index (κ3) is 11.5. The van der Waals surface area contributed by atoms with Crippen molar-refractivity contribution in [3.05, 3.63) is 9.67 Å². The van der Waals surface area contributed by atoms with Crippen LogP contribution in [-0.4, -0.2) is 39.2 Å². The number of hydrogen-bond donors (Lipinski definition) is 0. The first-order valence-corrected chi connectivity index (χ1v) is 22.7. The van der Waals surface area contributed by atoms with Crippen LogP contribution >= 0.6 is 0 Å². The number of allylic oxidation sites excluding steroid dienone is 1. The van der Waals surface area contributed by atoms with Gasteiger partial charge in [-0.15, -0.1) is 0 Å². The molecule has 26 heavy (non-hydrogen) atoms. The van der Waals surface area contributed by atoms with Crippen molar-refractivity contribution in [3.8, 4) is 0 Å². The third-order valence-corrected chi connectivity index (χ3v) is 24.1. The second-order valence-electron chi connectivity index (χ2n) is 9.53. The van der Waals surface area contributed by atoms with Crippen LogP contribution in [0.25, 0.3) is 0 Å². The molecule has 0 amide bonds. The van der Waals surface area contributed by atoms with Crippen LogP contribution in [0.1, 0.15) is 79.6 Å². The summed E-state index contributed by atoms with van der Waals surface area (Å²) in [5.41, 5.74) is 0. The average molecular weight is 489 g/mol. The molecule has 0 bridgehead atoms. The van der Waals surface area contributed by atoms with Gasteiger partial charge in [-0.3, -0.25) is 0 Å². The van der Waals surface area contributed by atoms with Gasteiger partial charge in [-0.1, -0.05) is 0 Å². The van der Waals surface area contributed by atoms with Gasteiger partial charge in [0.1, 0.15) is 0 Å². The van der Waals surface area contributed by atoms with E-state index in [1.165, 1.54) is 51.0 Å². The van der Waals surface area contributed by atoms with Crippen molar-refractivity contribution >= 4 is 26.5 Å². The van der Waals surface area contributed by atoms with Gasteiger partial charge >= 0.3 is 172 Å². The van der Waals surface area contributed by atoms with Crippen LogP contribution in [0, 0.1) is 0 Å². The van der Waals surface area contributed by atoms with Gasteiger partial charge in [0.05, 0.1) is 0 Å². The predicted molar refractivity (Wildman–Crippen MR) is 127 cm³/mol. The van der Waals surface area contributed by atoms with Gasteiger partial charge < -0.3 is 0 Å². The molecule has 0 fully saturated rings. The molecule has 0 aromatic rings. The summed E-state index contributed by atoms with van der Waals surface area (Å²) in [5, 5.41) is 0. The molecule has 0 aromatic heterocycles. The maximum absolute atomic E-state index is 6.20. The fourth-order valence-corrected chi connectivity index (χ4v) is 21.0. The molecule has 0 saturated carbocycles. The first kappa shape index (κ1) is 26.7. The van der Waals surface area contributed by atoms with Gasteiger partial charge in [0, 0.05) is 0 Å². The minimum atomic E-state index is -2.23. The standard InChI is InChI=1S/C11H23OSi.3C4H9.Sn/c1-6-8-11(12-7-2)9-10-13(3,4)5;3*1-3-4-2;/h8,11H,7,9-10H2,1-5H3;3*1,3-4H2,2H3;. The molecule has 3 heteroatoms. The molecule has 1 nitrogen and oxygen atoms in total. The summed E-state index contributed by atoms with van der Waals surface area (Å²) in [6, 6.07) is 1.38. The third-order valence-electron chi connectivity index (χ3n) is 5.86. The molecule has 0 saturated heterocycles. The number of hydrogen-bond acceptors (Lipinski definition) is 1. The van der Waals surface area contributed by atoms with E-state index in [0.717, 1.165) is 6.61 Å². The monoisotopic (exact) mass is 490 g/mol. The molecule has 0 aliphatic carbocycles. The van der Waals surface area contributed by atoms with Crippen molar-refractivity contribution in [1.82, 2.24) is 0 Å². The SMILES string of the molecule is CCC[CH2][Sn]([CH2]CCC)([CH2]CCC)/[C](C)=C/C(CC[Si](C)(C)C)OCC. The van der Waals surface area contributed by atoms with Crippen LogP contribution in [-0.2, 0) is 4.74 Å². The number of unbranched alkanes of at least 4 members (excludes halogenated alkanes) is 3. The van der Waals surface area contributed by atoms with Gasteiger partial charge in [-0.25, -0.2) is 0 Å². The zero-order chi connectivity index (χ0) is 20.1. The summed E-state index contributed by atoms with van der Waals surface area (Å²) in [5.74, 6) is 0. The van der Waals surface area contributed by atoms with E-state index in [2.05, 4.69) is 60.3 Å². The Bertz CT molecular complexity index is 351. The summed E-state index contributed by atoms with van der Waals surface area (Å²) in [7, 11) is -1.00. The first-order valence-electron chi connectivity index (χ1n) is 11.5. The zero-order valence-corrected chi connectivity index (χ0v) is 23.4. The average Bonchev–Trinajstić information content (AvgIpc) is 2.58. The van der Waals surface area contributed by atoms with Gasteiger partial charge in [-0.2, -0.15) is 0 Å². The minimum absolute atomic E-state index is 0.368. The summed E-state index contributed by atoms with van der Waals surface area (Å²) >= 11 is -2.23. The van der Waals surface area contributed by atoms with Crippen LogP contribution in [0.3, 0.4) is 0 Å². The number of rotatable bonds is 16. The van der Waals surface area contributed by atoms with Crippen LogP contribution in [0.15, 0.2) is 9.67 Å². The number of ether oxygens (including phenoxy) is 1. The Kier molecular flexibility index (Phi) is 15.1. The summed E-state index contributed by atoms with van der Waals surface area (Å²) in [4.78, 5) is 0. The Morgan fingerprint density at radius 3 is 1.69 bits per heavy atom. The van der Waals surface area contributed by atoms with Crippen molar-refractivity contribution in [1.29, 1.82) is 0 Å². The second kappa shape index (κ2) is 14.7. The van der Waals surface area contributed by atoms with E-state index in [1.807, 2.05) is 3.59 Å². The predicted octanol–water partition coefficient (Wildman–Crippen LogP) is 8.45. The Hall–Kier alpha value is 0.716. The van der Waals surface area contributed by atoms with E-state index < -0.39 is 26.5 Å². The van der Waals surface area contributed by atoms with Gasteiger partial charge in [-0.05, 0) is 0 Å². The van der Waals surface area contributed by atoms with E-state index in [0.29, 0.717) is 6.10 Å². The van der Waals surface area contributed by atoms with Crippen LogP contribution < -0.4 is 0 Å². The van der Waals surface area contributed by atoms with Crippen molar-refractivity contribution in [3.63, 3.8) is 0 Å². The Balaban J connectivity index is 5.47. The molecule has 156 valence electrons. The van der Waals surface area contributed by atoms with Gasteiger partial charge in [0.15, 0.2) is 0 Å². The fourth-order valence-electron chi connectivity index (χ4n) is 3.97. The van der Waals surface area contributed by atoms with E-state index in [9.17, 15) is 0 Å². The van der Waals surface area contributed by atoms with E-state index >= 15 is 0 Å². The van der Waals surface area contributed by atoms with Gasteiger partial charge in [0.25, 0.3) is 0 Å². The summed E-state index contributed by atoms with van der Waals surface area (Å²) < 4.78 is 12.7. The molecule has 1 atom stereocenters. The van der Waals surface area contributed by atoms with Crippen LogP contribution in [0.4, 0.5) is 0 Å². The maximum atomic E-state index is 6.20. The van der Waals surface area contributed by atoms with Crippen molar-refractivity contribution in [2.24, 2.45) is 0 Å². The van der Waals surface area contributed by atoms with Gasteiger partial charge in [0.2, 0.25) is 0 Å². The topological polar surface area (TPSA) is 9.23 Å². The molecular formula is C23H50OSiSn. The molecule has 1 unspecified atom stereocenters. The summed E-state index contributed by atoms with van der Waals surface area (Å²) in [6.07, 6.45) is 12.6. The van der Waals surface area contributed by atoms with E-state index in [1.54, 1.807) is 13.3 Å². The van der Waals surface area contributed by atoms with E-state index in [-0.39, 0.29) is 0 Å². The molecule has 0 heterocycles. The fraction of sp³-hybridized carbons (Fsp3) is 0.913. The molecule has 0 N–H and O–H groups in total. The molecular weight excluding hydrogens is 439 g/mol. The van der Waals surface area contributed by atoms with Crippen LogP contribution in [0.5, 0.6) is 0 Å². The second-order valence-corrected chi connectivity index (χ2v) is 29.0. The Labute approximate surface area is 171 Å². The van der Waals surface area contributed by atoms with Crippen molar-refractivity contribution in [2.45, 2.75) is 125 Å². The Morgan fingerprint density at radius 2 is 1.35 bits per heavy atom. The molecule has 0 spiro atoms. The molecule has 0 radical (unpaired) electrons. The van der Waals surface area contributed by atoms with Crippen molar-refractivity contribution in [2.75, 3.05) is 6.61 Å².